The molecule has 0 saturated heterocycles. The van der Waals surface area contributed by atoms with Gasteiger partial charge in [0.1, 0.15) is 5.75 Å². The number of carbonyl (C=O) groups is 1. The molecular formula is C15H18F3NO3. The van der Waals surface area contributed by atoms with Gasteiger partial charge in [-0.05, 0) is 37.1 Å². The van der Waals surface area contributed by atoms with Crippen LogP contribution in [0.15, 0.2) is 24.3 Å². The summed E-state index contributed by atoms with van der Waals surface area (Å²) in [4.78, 5) is 11.7. The summed E-state index contributed by atoms with van der Waals surface area (Å²) in [6, 6.07) is 3.87. The number of aliphatic hydroxyl groups excluding tert-OH is 1. The summed E-state index contributed by atoms with van der Waals surface area (Å²) in [7, 11) is 0. The van der Waals surface area contributed by atoms with Crippen molar-refractivity contribution in [1.29, 1.82) is 0 Å². The number of nitrogens with one attached hydrogen (secondary N) is 1. The minimum absolute atomic E-state index is 0.187. The van der Waals surface area contributed by atoms with Crippen molar-refractivity contribution in [3.8, 4) is 5.75 Å². The van der Waals surface area contributed by atoms with Crippen molar-refractivity contribution in [3.63, 3.8) is 0 Å². The molecule has 122 valence electrons. The first-order chi connectivity index (χ1) is 10.4. The van der Waals surface area contributed by atoms with Gasteiger partial charge in [0.05, 0.1) is 17.7 Å². The van der Waals surface area contributed by atoms with Gasteiger partial charge in [0.25, 0.3) is 5.91 Å². The molecule has 1 aliphatic rings. The van der Waals surface area contributed by atoms with Crippen LogP contribution in [0.25, 0.3) is 0 Å². The van der Waals surface area contributed by atoms with E-state index >= 15 is 0 Å². The van der Waals surface area contributed by atoms with Gasteiger partial charge in [0.2, 0.25) is 0 Å². The van der Waals surface area contributed by atoms with Gasteiger partial charge in [-0.2, -0.15) is 13.2 Å². The zero-order valence-electron chi connectivity index (χ0n) is 11.9. The number of aliphatic hydroxyl groups is 1. The lowest BCUT2D eigenvalue weighted by atomic mass is 9.92. The Balaban J connectivity index is 1.81. The summed E-state index contributed by atoms with van der Waals surface area (Å²) in [5, 5.41) is 12.4. The third kappa shape index (κ3) is 4.62. The summed E-state index contributed by atoms with van der Waals surface area (Å²) in [6.07, 6.45) is -1.69. The monoisotopic (exact) mass is 317 g/mol. The second-order valence-corrected chi connectivity index (χ2v) is 5.34. The average molecular weight is 317 g/mol. The molecule has 2 N–H and O–H groups in total. The predicted octanol–water partition coefficient (Wildman–Crippen LogP) is 2.50. The Kier molecular flexibility index (Phi) is 5.28. The molecule has 2 rings (SSSR count). The van der Waals surface area contributed by atoms with E-state index in [1.165, 1.54) is 12.1 Å². The predicted molar refractivity (Wildman–Crippen MR) is 73.3 cm³/mol. The van der Waals surface area contributed by atoms with E-state index in [0.717, 1.165) is 25.0 Å². The van der Waals surface area contributed by atoms with Gasteiger partial charge in [0, 0.05) is 0 Å². The quantitative estimate of drug-likeness (QED) is 0.897. The van der Waals surface area contributed by atoms with Gasteiger partial charge in [-0.3, -0.25) is 4.79 Å². The van der Waals surface area contributed by atoms with Crippen molar-refractivity contribution in [2.75, 3.05) is 6.61 Å². The van der Waals surface area contributed by atoms with Crippen LogP contribution >= 0.6 is 0 Å². The third-order valence-electron chi connectivity index (χ3n) is 3.63. The second-order valence-electron chi connectivity index (χ2n) is 5.34. The highest BCUT2D eigenvalue weighted by Gasteiger charge is 2.30. The van der Waals surface area contributed by atoms with E-state index in [0.29, 0.717) is 12.8 Å². The fraction of sp³-hybridized carbons (Fsp3) is 0.533. The fourth-order valence-corrected chi connectivity index (χ4v) is 2.42. The lowest BCUT2D eigenvalue weighted by molar-refractivity contribution is -0.137. The number of amides is 1. The first-order valence-corrected chi connectivity index (χ1v) is 7.14. The maximum atomic E-state index is 12.4. The van der Waals surface area contributed by atoms with Crippen LogP contribution in [0.1, 0.15) is 31.2 Å². The summed E-state index contributed by atoms with van der Waals surface area (Å²) < 4.78 is 42.4. The number of rotatable bonds is 4. The Morgan fingerprint density at radius 3 is 2.45 bits per heavy atom. The third-order valence-corrected chi connectivity index (χ3v) is 3.63. The van der Waals surface area contributed by atoms with Crippen LogP contribution in [-0.2, 0) is 11.0 Å². The van der Waals surface area contributed by atoms with Crippen LogP contribution in [0, 0.1) is 0 Å². The molecule has 0 spiro atoms. The Morgan fingerprint density at radius 2 is 1.86 bits per heavy atom. The summed E-state index contributed by atoms with van der Waals surface area (Å²) in [5.74, 6) is -0.210. The van der Waals surface area contributed by atoms with E-state index in [4.69, 9.17) is 4.74 Å². The zero-order valence-corrected chi connectivity index (χ0v) is 11.9. The lowest BCUT2D eigenvalue weighted by Crippen LogP contribution is -2.46. The summed E-state index contributed by atoms with van der Waals surface area (Å²) in [6.45, 7) is -0.297. The first-order valence-electron chi connectivity index (χ1n) is 7.14. The Bertz CT molecular complexity index is 502. The maximum absolute atomic E-state index is 12.4. The van der Waals surface area contributed by atoms with Gasteiger partial charge in [0.15, 0.2) is 6.61 Å². The second kappa shape index (κ2) is 7.00. The molecule has 4 nitrogen and oxygen atoms in total. The SMILES string of the molecule is O=C(COc1ccc(C(F)(F)F)cc1)NC1CCCCC1O. The highest BCUT2D eigenvalue weighted by atomic mass is 19.4. The molecule has 0 bridgehead atoms. The number of halogens is 3. The van der Waals surface area contributed by atoms with Gasteiger partial charge in [-0.25, -0.2) is 0 Å². The van der Waals surface area contributed by atoms with Crippen LogP contribution < -0.4 is 10.1 Å². The highest BCUT2D eigenvalue weighted by Crippen LogP contribution is 2.30. The van der Waals surface area contributed by atoms with Crippen molar-refractivity contribution in [2.24, 2.45) is 0 Å². The van der Waals surface area contributed by atoms with Gasteiger partial charge < -0.3 is 15.2 Å². The number of carbonyl (C=O) groups excluding carboxylic acids is 1. The van der Waals surface area contributed by atoms with Crippen molar-refractivity contribution < 1.29 is 27.8 Å². The largest absolute Gasteiger partial charge is 0.484 e. The minimum Gasteiger partial charge on any atom is -0.484 e. The van der Waals surface area contributed by atoms with Gasteiger partial charge >= 0.3 is 6.18 Å². The Hall–Kier alpha value is -1.76. The Morgan fingerprint density at radius 1 is 1.23 bits per heavy atom. The van der Waals surface area contributed by atoms with Gasteiger partial charge in [-0.15, -0.1) is 0 Å². The van der Waals surface area contributed by atoms with E-state index in [1.54, 1.807) is 0 Å². The lowest BCUT2D eigenvalue weighted by Gasteiger charge is -2.28. The molecule has 0 aromatic heterocycles. The van der Waals surface area contributed by atoms with Crippen molar-refractivity contribution in [3.05, 3.63) is 29.8 Å². The topological polar surface area (TPSA) is 58.6 Å². The van der Waals surface area contributed by atoms with E-state index in [9.17, 15) is 23.1 Å². The molecule has 1 aromatic rings. The molecule has 0 heterocycles. The molecule has 2 atom stereocenters. The molecule has 2 unspecified atom stereocenters. The van der Waals surface area contributed by atoms with E-state index in [2.05, 4.69) is 5.32 Å². The molecule has 1 fully saturated rings. The number of hydrogen-bond donors (Lipinski definition) is 2. The fourth-order valence-electron chi connectivity index (χ4n) is 2.42. The molecular weight excluding hydrogens is 299 g/mol. The minimum atomic E-state index is -4.40. The molecule has 0 aliphatic heterocycles. The number of alkyl halides is 3. The number of ether oxygens (including phenoxy) is 1. The molecule has 1 aliphatic carbocycles. The Labute approximate surface area is 126 Å². The highest BCUT2D eigenvalue weighted by molar-refractivity contribution is 5.77. The van der Waals surface area contributed by atoms with Crippen molar-refractivity contribution >= 4 is 5.91 Å². The van der Waals surface area contributed by atoms with Crippen LogP contribution in [0.2, 0.25) is 0 Å². The molecule has 1 aromatic carbocycles. The number of benzene rings is 1. The van der Waals surface area contributed by atoms with Crippen LogP contribution in [-0.4, -0.2) is 29.8 Å². The van der Waals surface area contributed by atoms with Crippen molar-refractivity contribution in [2.45, 2.75) is 44.0 Å². The standard InChI is InChI=1S/C15H18F3NO3/c16-15(17,18)10-5-7-11(8-6-10)22-9-14(21)19-12-3-1-2-4-13(12)20/h5-8,12-13,20H,1-4,9H2,(H,19,21). The van der Waals surface area contributed by atoms with E-state index < -0.39 is 23.8 Å². The zero-order chi connectivity index (χ0) is 16.2. The maximum Gasteiger partial charge on any atom is 0.416 e. The van der Waals surface area contributed by atoms with Crippen LogP contribution in [0.3, 0.4) is 0 Å². The average Bonchev–Trinajstić information content (AvgIpc) is 2.47. The normalized spacial score (nSPS) is 22.2. The molecule has 1 saturated carbocycles. The molecule has 7 heteroatoms. The van der Waals surface area contributed by atoms with Crippen molar-refractivity contribution in [1.82, 2.24) is 5.32 Å². The van der Waals surface area contributed by atoms with E-state index in [1.807, 2.05) is 0 Å². The molecule has 0 radical (unpaired) electrons. The van der Waals surface area contributed by atoms with Gasteiger partial charge in [-0.1, -0.05) is 12.8 Å². The summed E-state index contributed by atoms with van der Waals surface area (Å²) in [5.41, 5.74) is -0.769. The molecule has 1 amide bonds. The molecule has 22 heavy (non-hydrogen) atoms. The van der Waals surface area contributed by atoms with Crippen LogP contribution in [0.5, 0.6) is 5.75 Å². The first kappa shape index (κ1) is 16.6. The summed E-state index contributed by atoms with van der Waals surface area (Å²) >= 11 is 0. The van der Waals surface area contributed by atoms with E-state index in [-0.39, 0.29) is 18.4 Å². The number of hydrogen-bond acceptors (Lipinski definition) is 3. The van der Waals surface area contributed by atoms with Crippen LogP contribution in [0.4, 0.5) is 13.2 Å². The smallest absolute Gasteiger partial charge is 0.416 e.